The molecule has 1 aromatic carbocycles. The van der Waals surface area contributed by atoms with Crippen molar-refractivity contribution in [2.45, 2.75) is 109 Å². The Hall–Kier alpha value is -3.31. The molecule has 11 heteroatoms. The second-order valence-electron chi connectivity index (χ2n) is 12.0. The molecule has 3 aromatic rings. The van der Waals surface area contributed by atoms with Crippen LogP contribution in [-0.4, -0.2) is 73.5 Å². The van der Waals surface area contributed by atoms with E-state index in [-0.39, 0.29) is 35.8 Å². The molecule has 45 heavy (non-hydrogen) atoms. The van der Waals surface area contributed by atoms with Crippen molar-refractivity contribution in [1.29, 1.82) is 0 Å². The van der Waals surface area contributed by atoms with Gasteiger partial charge in [0.1, 0.15) is 22.9 Å². The zero-order chi connectivity index (χ0) is 32.3. The number of hydrogen-bond acceptors (Lipinski definition) is 9. The number of carbonyl (C=O) groups is 4. The number of carbonyl (C=O) groups excluding carboxylic acids is 4. The van der Waals surface area contributed by atoms with E-state index >= 15 is 0 Å². The SMILES string of the molecule is CCCCc1nc2c(N)nc3ccccc3c2n1CCCCCC(=O)CCCCCN1C(=O)CC(SCC(NC)C(C)=O)C1=O. The number of likely N-dealkylation sites (tertiary alicyclic amines) is 1. The van der Waals surface area contributed by atoms with E-state index in [1.54, 1.807) is 7.05 Å². The number of benzene rings is 1. The smallest absolute Gasteiger partial charge is 0.242 e. The molecule has 1 fully saturated rings. The minimum absolute atomic E-state index is 0.0190. The van der Waals surface area contributed by atoms with Gasteiger partial charge < -0.3 is 15.6 Å². The molecule has 3 heterocycles. The third-order valence-electron chi connectivity index (χ3n) is 8.62. The highest BCUT2D eigenvalue weighted by molar-refractivity contribution is 8.00. The summed E-state index contributed by atoms with van der Waals surface area (Å²) in [6.07, 6.45) is 9.37. The summed E-state index contributed by atoms with van der Waals surface area (Å²) < 4.78 is 2.31. The Balaban J connectivity index is 1.16. The number of anilines is 1. The van der Waals surface area contributed by atoms with Crippen molar-refractivity contribution in [3.05, 3.63) is 30.1 Å². The molecule has 0 saturated carbocycles. The van der Waals surface area contributed by atoms with Gasteiger partial charge in [-0.2, -0.15) is 0 Å². The van der Waals surface area contributed by atoms with Crippen LogP contribution in [0.5, 0.6) is 0 Å². The molecule has 0 aliphatic carbocycles. The molecule has 0 radical (unpaired) electrons. The minimum Gasteiger partial charge on any atom is -0.382 e. The summed E-state index contributed by atoms with van der Waals surface area (Å²) in [4.78, 5) is 60.1. The molecule has 3 N–H and O–H groups in total. The maximum Gasteiger partial charge on any atom is 0.242 e. The van der Waals surface area contributed by atoms with Crippen LogP contribution in [0.2, 0.25) is 0 Å². The first-order chi connectivity index (χ1) is 21.7. The van der Waals surface area contributed by atoms with E-state index in [2.05, 4.69) is 27.9 Å². The summed E-state index contributed by atoms with van der Waals surface area (Å²) in [5.74, 6) is 1.97. The van der Waals surface area contributed by atoms with Gasteiger partial charge in [-0.1, -0.05) is 44.4 Å². The highest BCUT2D eigenvalue weighted by Crippen LogP contribution is 2.30. The van der Waals surface area contributed by atoms with Crippen LogP contribution in [-0.2, 0) is 32.1 Å². The summed E-state index contributed by atoms with van der Waals surface area (Å²) in [7, 11) is 1.72. The van der Waals surface area contributed by atoms with Gasteiger partial charge in [0.15, 0.2) is 5.82 Å². The molecular formula is C34H48N6O4S. The van der Waals surface area contributed by atoms with Crippen LogP contribution in [0.3, 0.4) is 0 Å². The van der Waals surface area contributed by atoms with E-state index in [1.807, 2.05) is 18.2 Å². The van der Waals surface area contributed by atoms with E-state index in [0.29, 0.717) is 37.4 Å². The lowest BCUT2D eigenvalue weighted by Crippen LogP contribution is -2.36. The predicted octanol–water partition coefficient (Wildman–Crippen LogP) is 5.24. The monoisotopic (exact) mass is 636 g/mol. The Morgan fingerprint density at radius 2 is 1.73 bits per heavy atom. The fraction of sp³-hybridized carbons (Fsp3) is 0.588. The number of aromatic nitrogens is 3. The lowest BCUT2D eigenvalue weighted by atomic mass is 10.1. The van der Waals surface area contributed by atoms with Gasteiger partial charge in [0, 0.05) is 49.9 Å². The van der Waals surface area contributed by atoms with Gasteiger partial charge in [0.05, 0.1) is 22.3 Å². The van der Waals surface area contributed by atoms with Gasteiger partial charge in [-0.25, -0.2) is 9.97 Å². The fourth-order valence-electron chi connectivity index (χ4n) is 5.97. The molecular weight excluding hydrogens is 588 g/mol. The number of hydrogen-bond donors (Lipinski definition) is 2. The second-order valence-corrected chi connectivity index (χ2v) is 13.3. The number of para-hydroxylation sites is 1. The minimum atomic E-state index is -0.417. The number of nitrogen functional groups attached to an aromatic ring is 1. The van der Waals surface area contributed by atoms with Crippen molar-refractivity contribution >= 4 is 62.9 Å². The number of aryl methyl sites for hydroxylation is 2. The number of imidazole rings is 1. The van der Waals surface area contributed by atoms with Gasteiger partial charge in [-0.05, 0) is 52.1 Å². The Morgan fingerprint density at radius 1 is 1.02 bits per heavy atom. The van der Waals surface area contributed by atoms with Crippen LogP contribution in [0.15, 0.2) is 24.3 Å². The average molecular weight is 637 g/mol. The number of unbranched alkanes of at least 4 members (excludes halogenated alkanes) is 5. The largest absolute Gasteiger partial charge is 0.382 e. The molecule has 4 rings (SSSR count). The maximum absolute atomic E-state index is 12.7. The number of Topliss-reactive ketones (excluding diaryl/α,β-unsaturated/α-hetero) is 2. The third kappa shape index (κ3) is 8.91. The molecule has 2 unspecified atom stereocenters. The Kier molecular flexibility index (Phi) is 12.9. The van der Waals surface area contributed by atoms with Gasteiger partial charge in [-0.15, -0.1) is 11.8 Å². The first kappa shape index (κ1) is 34.6. The molecule has 1 aliphatic heterocycles. The van der Waals surface area contributed by atoms with Gasteiger partial charge in [-0.3, -0.25) is 24.1 Å². The summed E-state index contributed by atoms with van der Waals surface area (Å²) in [6, 6.07) is 7.75. The summed E-state index contributed by atoms with van der Waals surface area (Å²) in [5.41, 5.74) is 9.03. The molecule has 2 aromatic heterocycles. The van der Waals surface area contributed by atoms with Crippen LogP contribution < -0.4 is 11.1 Å². The molecule has 0 spiro atoms. The first-order valence-electron chi connectivity index (χ1n) is 16.4. The number of ketones is 2. The van der Waals surface area contributed by atoms with Crippen molar-refractivity contribution in [2.75, 3.05) is 25.1 Å². The number of nitrogens with one attached hydrogen (secondary N) is 1. The Morgan fingerprint density at radius 3 is 2.42 bits per heavy atom. The van der Waals surface area contributed by atoms with E-state index < -0.39 is 5.25 Å². The fourth-order valence-corrected chi connectivity index (χ4v) is 7.32. The lowest BCUT2D eigenvalue weighted by molar-refractivity contribution is -0.138. The maximum atomic E-state index is 12.7. The zero-order valence-electron chi connectivity index (χ0n) is 27.0. The number of thioether (sulfide) groups is 1. The van der Waals surface area contributed by atoms with E-state index in [0.717, 1.165) is 85.7 Å². The van der Waals surface area contributed by atoms with Crippen molar-refractivity contribution in [3.63, 3.8) is 0 Å². The third-order valence-corrected chi connectivity index (χ3v) is 9.92. The van der Waals surface area contributed by atoms with Crippen molar-refractivity contribution < 1.29 is 19.2 Å². The predicted molar refractivity (Wildman–Crippen MR) is 181 cm³/mol. The van der Waals surface area contributed by atoms with E-state index in [9.17, 15) is 19.2 Å². The highest BCUT2D eigenvalue weighted by atomic mass is 32.2. The molecule has 1 saturated heterocycles. The van der Waals surface area contributed by atoms with E-state index in [4.69, 9.17) is 10.7 Å². The van der Waals surface area contributed by atoms with Crippen molar-refractivity contribution in [3.8, 4) is 0 Å². The van der Waals surface area contributed by atoms with Crippen LogP contribution in [0, 0.1) is 0 Å². The number of rotatable bonds is 20. The van der Waals surface area contributed by atoms with Gasteiger partial charge in [0.25, 0.3) is 0 Å². The molecule has 10 nitrogen and oxygen atoms in total. The van der Waals surface area contributed by atoms with Crippen LogP contribution in [0.1, 0.15) is 90.3 Å². The Labute approximate surface area is 270 Å². The van der Waals surface area contributed by atoms with Crippen LogP contribution in [0.25, 0.3) is 21.9 Å². The summed E-state index contributed by atoms with van der Waals surface area (Å²) in [6.45, 7) is 4.92. The number of nitrogens with two attached hydrogens (primary N) is 1. The Bertz CT molecular complexity index is 1500. The van der Waals surface area contributed by atoms with E-state index in [1.165, 1.54) is 23.6 Å². The zero-order valence-corrected chi connectivity index (χ0v) is 27.8. The standard InChI is InChI=1S/C34H48N6O4S/c1-4-5-18-29-38-31-32(25-16-10-11-17-26(25)37-33(31)35)39(29)19-12-6-8-14-24(42)15-9-7-13-20-40-30(43)21-28(34(40)44)45-22-27(36-3)23(2)41/h10-11,16-17,27-28,36H,4-9,12-15,18-22H2,1-3H3,(H2,35,37). The van der Waals surface area contributed by atoms with Crippen molar-refractivity contribution in [1.82, 2.24) is 24.8 Å². The molecule has 244 valence electrons. The van der Waals surface area contributed by atoms with Crippen molar-refractivity contribution in [2.24, 2.45) is 0 Å². The number of nitrogens with zero attached hydrogens (tertiary/aromatic N) is 4. The number of amides is 2. The molecule has 0 bridgehead atoms. The number of imide groups is 1. The number of fused-ring (bicyclic) bond motifs is 3. The topological polar surface area (TPSA) is 140 Å². The van der Waals surface area contributed by atoms with Crippen LogP contribution in [0.4, 0.5) is 5.82 Å². The summed E-state index contributed by atoms with van der Waals surface area (Å²) >= 11 is 1.37. The average Bonchev–Trinajstić information content (AvgIpc) is 3.52. The van der Waals surface area contributed by atoms with Crippen LogP contribution >= 0.6 is 11.8 Å². The second kappa shape index (κ2) is 16.8. The number of likely N-dealkylation sites (N-methyl/N-ethyl adjacent to an activating group) is 1. The van der Waals surface area contributed by atoms with Gasteiger partial charge >= 0.3 is 0 Å². The molecule has 1 aliphatic rings. The highest BCUT2D eigenvalue weighted by Gasteiger charge is 2.38. The molecule has 2 atom stereocenters. The normalized spacial score (nSPS) is 15.9. The van der Waals surface area contributed by atoms with Gasteiger partial charge in [0.2, 0.25) is 11.8 Å². The number of pyridine rings is 1. The lowest BCUT2D eigenvalue weighted by Gasteiger charge is -2.16. The summed E-state index contributed by atoms with van der Waals surface area (Å²) in [5, 5.41) is 3.60. The molecule has 2 amide bonds. The quantitative estimate of drug-likeness (QED) is 0.126. The first-order valence-corrected chi connectivity index (χ1v) is 17.5.